The van der Waals surface area contributed by atoms with Crippen LogP contribution >= 0.6 is 0 Å². The molecule has 0 radical (unpaired) electrons. The zero-order chi connectivity index (χ0) is 13.3. The summed E-state index contributed by atoms with van der Waals surface area (Å²) in [5.41, 5.74) is 0.0450. The molecule has 0 bridgehead atoms. The second-order valence-corrected chi connectivity index (χ2v) is 5.07. The molecule has 1 fully saturated rings. The van der Waals surface area contributed by atoms with Crippen LogP contribution in [0.25, 0.3) is 0 Å². The molecule has 2 atom stereocenters. The van der Waals surface area contributed by atoms with Gasteiger partial charge in [-0.3, -0.25) is 14.8 Å². The fourth-order valence-electron chi connectivity index (χ4n) is 2.46. The van der Waals surface area contributed by atoms with Crippen molar-refractivity contribution in [1.82, 2.24) is 14.7 Å². The van der Waals surface area contributed by atoms with Gasteiger partial charge >= 0.3 is 5.69 Å². The number of aryl methyl sites for hydroxylation is 1. The molecule has 0 amide bonds. The van der Waals surface area contributed by atoms with Crippen LogP contribution in [0.4, 0.5) is 11.5 Å². The zero-order valence-corrected chi connectivity index (χ0v) is 11.0. The molecule has 1 aliphatic rings. The van der Waals surface area contributed by atoms with Crippen LogP contribution in [0.1, 0.15) is 13.3 Å². The van der Waals surface area contributed by atoms with Gasteiger partial charge in [-0.25, -0.2) is 0 Å². The molecule has 2 rings (SSSR count). The van der Waals surface area contributed by atoms with E-state index in [0.29, 0.717) is 11.7 Å². The maximum atomic E-state index is 10.9. The van der Waals surface area contributed by atoms with E-state index in [1.807, 2.05) is 0 Å². The van der Waals surface area contributed by atoms with E-state index in [1.54, 1.807) is 7.05 Å². The summed E-state index contributed by atoms with van der Waals surface area (Å²) in [6.45, 7) is 4.16. The van der Waals surface area contributed by atoms with Crippen LogP contribution in [0.5, 0.6) is 0 Å². The predicted molar refractivity (Wildman–Crippen MR) is 68.6 cm³/mol. The fourth-order valence-corrected chi connectivity index (χ4v) is 2.46. The van der Waals surface area contributed by atoms with Gasteiger partial charge in [-0.05, 0) is 25.9 Å². The van der Waals surface area contributed by atoms with E-state index in [-0.39, 0.29) is 11.7 Å². The second-order valence-electron chi connectivity index (χ2n) is 5.07. The monoisotopic (exact) mass is 253 g/mol. The SMILES string of the molecule is CC1CN(C)CCC1Nc1nn(C)cc1[N+](=O)[O-]. The van der Waals surface area contributed by atoms with Gasteiger partial charge in [-0.1, -0.05) is 6.92 Å². The third-order valence-electron chi connectivity index (χ3n) is 3.44. The molecule has 0 aromatic carbocycles. The van der Waals surface area contributed by atoms with Gasteiger partial charge in [-0.2, -0.15) is 0 Å². The number of piperidine rings is 1. The number of nitrogens with zero attached hydrogens (tertiary/aromatic N) is 4. The van der Waals surface area contributed by atoms with Crippen molar-refractivity contribution in [2.24, 2.45) is 13.0 Å². The van der Waals surface area contributed by atoms with Gasteiger partial charge in [0.05, 0.1) is 4.92 Å². The summed E-state index contributed by atoms with van der Waals surface area (Å²) >= 11 is 0. The predicted octanol–water partition coefficient (Wildman–Crippen LogP) is 1.08. The molecule has 1 N–H and O–H groups in total. The minimum atomic E-state index is -0.394. The van der Waals surface area contributed by atoms with Gasteiger partial charge in [0.25, 0.3) is 0 Å². The average molecular weight is 253 g/mol. The first-order chi connectivity index (χ1) is 8.47. The van der Waals surface area contributed by atoms with Crippen molar-refractivity contribution >= 4 is 11.5 Å². The maximum absolute atomic E-state index is 10.9. The molecule has 1 saturated heterocycles. The molecular weight excluding hydrogens is 234 g/mol. The molecule has 0 aliphatic carbocycles. The number of likely N-dealkylation sites (tertiary alicyclic amines) is 1. The van der Waals surface area contributed by atoms with Gasteiger partial charge in [0.1, 0.15) is 6.20 Å². The van der Waals surface area contributed by atoms with Gasteiger partial charge in [0, 0.05) is 19.6 Å². The Kier molecular flexibility index (Phi) is 3.51. The van der Waals surface area contributed by atoms with E-state index in [4.69, 9.17) is 0 Å². The molecule has 2 heterocycles. The van der Waals surface area contributed by atoms with E-state index in [9.17, 15) is 10.1 Å². The Morgan fingerprint density at radius 2 is 2.28 bits per heavy atom. The highest BCUT2D eigenvalue weighted by Crippen LogP contribution is 2.26. The number of aromatic nitrogens is 2. The summed E-state index contributed by atoms with van der Waals surface area (Å²) in [5.74, 6) is 0.828. The molecule has 7 heteroatoms. The second kappa shape index (κ2) is 4.93. The van der Waals surface area contributed by atoms with Crippen molar-refractivity contribution in [1.29, 1.82) is 0 Å². The Morgan fingerprint density at radius 3 is 2.89 bits per heavy atom. The third-order valence-corrected chi connectivity index (χ3v) is 3.44. The number of rotatable bonds is 3. The quantitative estimate of drug-likeness (QED) is 0.644. The molecule has 100 valence electrons. The fraction of sp³-hybridized carbons (Fsp3) is 0.727. The third kappa shape index (κ3) is 2.61. The van der Waals surface area contributed by atoms with E-state index in [0.717, 1.165) is 19.5 Å². The lowest BCUT2D eigenvalue weighted by Crippen LogP contribution is -2.43. The summed E-state index contributed by atoms with van der Waals surface area (Å²) in [4.78, 5) is 12.8. The highest BCUT2D eigenvalue weighted by atomic mass is 16.6. The first-order valence-corrected chi connectivity index (χ1v) is 6.10. The van der Waals surface area contributed by atoms with E-state index in [1.165, 1.54) is 10.9 Å². The molecule has 0 saturated carbocycles. The van der Waals surface area contributed by atoms with Crippen molar-refractivity contribution in [3.05, 3.63) is 16.3 Å². The van der Waals surface area contributed by atoms with Crippen LogP contribution in [0.15, 0.2) is 6.20 Å². The Bertz CT molecular complexity index is 445. The van der Waals surface area contributed by atoms with E-state index in [2.05, 4.69) is 29.3 Å². The summed E-state index contributed by atoms with van der Waals surface area (Å²) < 4.78 is 1.47. The van der Waals surface area contributed by atoms with Gasteiger partial charge < -0.3 is 10.2 Å². The molecular formula is C11H19N5O2. The highest BCUT2D eigenvalue weighted by Gasteiger charge is 2.27. The van der Waals surface area contributed by atoms with Crippen LogP contribution in [-0.4, -0.2) is 45.8 Å². The summed E-state index contributed by atoms with van der Waals surface area (Å²) in [7, 11) is 3.78. The first-order valence-electron chi connectivity index (χ1n) is 6.10. The van der Waals surface area contributed by atoms with Crippen LogP contribution in [0.3, 0.4) is 0 Å². The smallest absolute Gasteiger partial charge is 0.330 e. The number of nitro groups is 1. The Hall–Kier alpha value is -1.63. The molecule has 1 aromatic rings. The molecule has 1 aliphatic heterocycles. The van der Waals surface area contributed by atoms with Crippen LogP contribution in [0.2, 0.25) is 0 Å². The van der Waals surface area contributed by atoms with Crippen molar-refractivity contribution in [3.63, 3.8) is 0 Å². The lowest BCUT2D eigenvalue weighted by molar-refractivity contribution is -0.384. The Morgan fingerprint density at radius 1 is 1.56 bits per heavy atom. The summed E-state index contributed by atoms with van der Waals surface area (Å²) in [6.07, 6.45) is 2.41. The van der Waals surface area contributed by atoms with Crippen molar-refractivity contribution in [3.8, 4) is 0 Å². The number of hydrogen-bond acceptors (Lipinski definition) is 5. The standard InChI is InChI=1S/C11H19N5O2/c1-8-6-14(2)5-4-9(8)12-11-10(16(17)18)7-15(3)13-11/h7-9H,4-6H2,1-3H3,(H,12,13). The Balaban J connectivity index is 2.11. The van der Waals surface area contributed by atoms with Crippen molar-refractivity contribution < 1.29 is 4.92 Å². The molecule has 1 aromatic heterocycles. The Labute approximate surface area is 106 Å². The number of anilines is 1. The maximum Gasteiger partial charge on any atom is 0.330 e. The van der Waals surface area contributed by atoms with Gasteiger partial charge in [0.2, 0.25) is 5.82 Å². The molecule has 2 unspecified atom stereocenters. The van der Waals surface area contributed by atoms with Crippen molar-refractivity contribution in [2.45, 2.75) is 19.4 Å². The minimum Gasteiger partial charge on any atom is -0.360 e. The average Bonchev–Trinajstić information content (AvgIpc) is 2.64. The van der Waals surface area contributed by atoms with E-state index < -0.39 is 4.92 Å². The van der Waals surface area contributed by atoms with Crippen LogP contribution in [-0.2, 0) is 7.05 Å². The van der Waals surface area contributed by atoms with Gasteiger partial charge in [0.15, 0.2) is 0 Å². The minimum absolute atomic E-state index is 0.0450. The lowest BCUT2D eigenvalue weighted by atomic mass is 9.94. The summed E-state index contributed by atoms with van der Waals surface area (Å²) in [5, 5.41) is 18.3. The lowest BCUT2D eigenvalue weighted by Gasteiger charge is -2.35. The number of hydrogen-bond donors (Lipinski definition) is 1. The van der Waals surface area contributed by atoms with Crippen LogP contribution in [0, 0.1) is 16.0 Å². The van der Waals surface area contributed by atoms with E-state index >= 15 is 0 Å². The molecule has 7 nitrogen and oxygen atoms in total. The molecule has 0 spiro atoms. The van der Waals surface area contributed by atoms with Crippen LogP contribution < -0.4 is 5.32 Å². The van der Waals surface area contributed by atoms with Gasteiger partial charge in [-0.15, -0.1) is 5.10 Å². The zero-order valence-electron chi connectivity index (χ0n) is 11.0. The highest BCUT2D eigenvalue weighted by molar-refractivity contribution is 5.55. The number of nitrogens with one attached hydrogen (secondary N) is 1. The first kappa shape index (κ1) is 12.8. The van der Waals surface area contributed by atoms with Crippen molar-refractivity contribution in [2.75, 3.05) is 25.5 Å². The summed E-state index contributed by atoms with van der Waals surface area (Å²) in [6, 6.07) is 0.245. The molecule has 18 heavy (non-hydrogen) atoms. The topological polar surface area (TPSA) is 76.2 Å². The normalized spacial score (nSPS) is 25.1. The largest absolute Gasteiger partial charge is 0.360 e.